The number of para-hydroxylation sites is 1. The van der Waals surface area contributed by atoms with E-state index < -0.39 is 0 Å². The highest BCUT2D eigenvalue weighted by atomic mass is 16.2. The van der Waals surface area contributed by atoms with Crippen LogP contribution in [0.4, 0.5) is 22.7 Å². The van der Waals surface area contributed by atoms with Crippen LogP contribution in [0.5, 0.6) is 0 Å². The van der Waals surface area contributed by atoms with Gasteiger partial charge in [0.1, 0.15) is 0 Å². The summed E-state index contributed by atoms with van der Waals surface area (Å²) in [4.78, 5) is 38.3. The number of benzene rings is 3. The second kappa shape index (κ2) is 11.5. The van der Waals surface area contributed by atoms with E-state index in [1.807, 2.05) is 37.3 Å². The van der Waals surface area contributed by atoms with Gasteiger partial charge in [-0.05, 0) is 67.6 Å². The number of nitrogens with zero attached hydrogens (tertiary/aromatic N) is 1. The normalized spacial score (nSPS) is 10.2. The number of amides is 3. The van der Waals surface area contributed by atoms with E-state index in [1.54, 1.807) is 60.4 Å². The van der Waals surface area contributed by atoms with Gasteiger partial charge in [0.15, 0.2) is 0 Å². The molecule has 0 aliphatic rings. The molecule has 7 heteroatoms. The van der Waals surface area contributed by atoms with E-state index in [2.05, 4.69) is 16.0 Å². The van der Waals surface area contributed by atoms with Crippen molar-refractivity contribution in [3.8, 4) is 0 Å². The van der Waals surface area contributed by atoms with Gasteiger partial charge in [0.25, 0.3) is 5.91 Å². The first-order valence-corrected chi connectivity index (χ1v) is 10.9. The van der Waals surface area contributed by atoms with E-state index in [4.69, 9.17) is 0 Å². The van der Waals surface area contributed by atoms with Crippen molar-refractivity contribution in [2.24, 2.45) is 0 Å². The van der Waals surface area contributed by atoms with E-state index in [-0.39, 0.29) is 24.3 Å². The lowest BCUT2D eigenvalue weighted by atomic mass is 10.1. The van der Waals surface area contributed by atoms with Crippen molar-refractivity contribution in [3.05, 3.63) is 84.4 Å². The van der Waals surface area contributed by atoms with E-state index in [9.17, 15) is 14.4 Å². The third-order valence-electron chi connectivity index (χ3n) is 4.99. The molecule has 0 bridgehead atoms. The van der Waals surface area contributed by atoms with Crippen molar-refractivity contribution in [1.29, 1.82) is 0 Å². The highest BCUT2D eigenvalue weighted by molar-refractivity contribution is 6.06. The average Bonchev–Trinajstić information content (AvgIpc) is 2.85. The third-order valence-corrected chi connectivity index (χ3v) is 4.99. The zero-order valence-electron chi connectivity index (χ0n) is 18.8. The molecule has 3 rings (SSSR count). The number of carbonyl (C=O) groups excluding carboxylic acids is 3. The fourth-order valence-electron chi connectivity index (χ4n) is 3.21. The highest BCUT2D eigenvalue weighted by Gasteiger charge is 2.15. The van der Waals surface area contributed by atoms with Gasteiger partial charge in [-0.3, -0.25) is 14.4 Å². The lowest BCUT2D eigenvalue weighted by Crippen LogP contribution is -2.30. The quantitative estimate of drug-likeness (QED) is 0.444. The van der Waals surface area contributed by atoms with Crippen LogP contribution in [0.15, 0.2) is 78.9 Å². The Morgan fingerprint density at radius 1 is 0.697 bits per heavy atom. The Kier molecular flexibility index (Phi) is 8.18. The SMILES string of the molecule is CCC(=O)Nc1ccc(NC(=O)CNc2ccc(C(=O)N(CC)c3ccccc3)cc2)cc1. The van der Waals surface area contributed by atoms with Gasteiger partial charge in [0, 0.05) is 41.3 Å². The molecule has 0 aliphatic heterocycles. The molecular formula is C26H28N4O3. The van der Waals surface area contributed by atoms with E-state index in [1.165, 1.54) is 0 Å². The smallest absolute Gasteiger partial charge is 0.258 e. The Morgan fingerprint density at radius 2 is 1.24 bits per heavy atom. The summed E-state index contributed by atoms with van der Waals surface area (Å²) >= 11 is 0. The second-order valence-electron chi connectivity index (χ2n) is 7.34. The topological polar surface area (TPSA) is 90.5 Å². The molecule has 3 amide bonds. The molecule has 0 atom stereocenters. The van der Waals surface area contributed by atoms with Gasteiger partial charge in [-0.25, -0.2) is 0 Å². The number of rotatable bonds is 9. The van der Waals surface area contributed by atoms with Crippen LogP contribution in [0.2, 0.25) is 0 Å². The van der Waals surface area contributed by atoms with Crippen LogP contribution in [0.3, 0.4) is 0 Å². The van der Waals surface area contributed by atoms with E-state index >= 15 is 0 Å². The molecule has 3 aromatic carbocycles. The summed E-state index contributed by atoms with van der Waals surface area (Å²) in [6, 6.07) is 23.5. The number of hydrogen-bond acceptors (Lipinski definition) is 4. The molecular weight excluding hydrogens is 416 g/mol. The van der Waals surface area contributed by atoms with Gasteiger partial charge < -0.3 is 20.9 Å². The Hall–Kier alpha value is -4.13. The second-order valence-corrected chi connectivity index (χ2v) is 7.34. The van der Waals surface area contributed by atoms with Crippen LogP contribution in [0, 0.1) is 0 Å². The monoisotopic (exact) mass is 444 g/mol. The molecule has 7 nitrogen and oxygen atoms in total. The van der Waals surface area contributed by atoms with Crippen LogP contribution in [-0.2, 0) is 9.59 Å². The summed E-state index contributed by atoms with van der Waals surface area (Å²) in [7, 11) is 0. The first-order chi connectivity index (χ1) is 16.0. The summed E-state index contributed by atoms with van der Waals surface area (Å²) in [6.07, 6.45) is 0.406. The van der Waals surface area contributed by atoms with Crippen molar-refractivity contribution in [2.75, 3.05) is 33.9 Å². The van der Waals surface area contributed by atoms with Crippen LogP contribution in [0.25, 0.3) is 0 Å². The number of anilines is 4. The Bertz CT molecular complexity index is 1080. The van der Waals surface area contributed by atoms with E-state index in [0.29, 0.717) is 29.9 Å². The highest BCUT2D eigenvalue weighted by Crippen LogP contribution is 2.18. The number of nitrogens with one attached hydrogen (secondary N) is 3. The molecule has 3 aromatic rings. The molecule has 0 radical (unpaired) electrons. The average molecular weight is 445 g/mol. The maximum Gasteiger partial charge on any atom is 0.258 e. The maximum atomic E-state index is 12.9. The summed E-state index contributed by atoms with van der Waals surface area (Å²) in [6.45, 7) is 4.36. The molecule has 33 heavy (non-hydrogen) atoms. The molecule has 170 valence electrons. The largest absolute Gasteiger partial charge is 0.376 e. The molecule has 0 aliphatic carbocycles. The minimum absolute atomic E-state index is 0.0637. The first kappa shape index (κ1) is 23.5. The van der Waals surface area contributed by atoms with Crippen LogP contribution >= 0.6 is 0 Å². The van der Waals surface area contributed by atoms with Gasteiger partial charge >= 0.3 is 0 Å². The molecule has 3 N–H and O–H groups in total. The predicted octanol–water partition coefficient (Wildman–Crippen LogP) is 4.75. The molecule has 0 aromatic heterocycles. The lowest BCUT2D eigenvalue weighted by molar-refractivity contribution is -0.116. The van der Waals surface area contributed by atoms with Crippen molar-refractivity contribution < 1.29 is 14.4 Å². The molecule has 0 saturated heterocycles. The van der Waals surface area contributed by atoms with Crippen LogP contribution in [0.1, 0.15) is 30.6 Å². The summed E-state index contributed by atoms with van der Waals surface area (Å²) in [5.74, 6) is -0.348. The first-order valence-electron chi connectivity index (χ1n) is 10.9. The van der Waals surface area contributed by atoms with Gasteiger partial charge in [-0.2, -0.15) is 0 Å². The fraction of sp³-hybridized carbons (Fsp3) is 0.192. The predicted molar refractivity (Wildman–Crippen MR) is 133 cm³/mol. The van der Waals surface area contributed by atoms with Crippen molar-refractivity contribution in [1.82, 2.24) is 0 Å². The molecule has 0 heterocycles. The fourth-order valence-corrected chi connectivity index (χ4v) is 3.21. The Morgan fingerprint density at radius 3 is 1.79 bits per heavy atom. The number of carbonyl (C=O) groups is 3. The zero-order valence-corrected chi connectivity index (χ0v) is 18.8. The molecule has 0 fully saturated rings. The van der Waals surface area contributed by atoms with Gasteiger partial charge in [-0.1, -0.05) is 25.1 Å². The summed E-state index contributed by atoms with van der Waals surface area (Å²) in [5, 5.41) is 8.62. The summed E-state index contributed by atoms with van der Waals surface area (Å²) in [5.41, 5.74) is 3.48. The number of hydrogen-bond donors (Lipinski definition) is 3. The van der Waals surface area contributed by atoms with Crippen LogP contribution in [-0.4, -0.2) is 30.8 Å². The molecule has 0 spiro atoms. The third kappa shape index (κ3) is 6.67. The van der Waals surface area contributed by atoms with Gasteiger partial charge in [0.2, 0.25) is 11.8 Å². The lowest BCUT2D eigenvalue weighted by Gasteiger charge is -2.21. The van der Waals surface area contributed by atoms with Gasteiger partial charge in [0.05, 0.1) is 6.54 Å². The van der Waals surface area contributed by atoms with Crippen molar-refractivity contribution >= 4 is 40.5 Å². The van der Waals surface area contributed by atoms with Crippen molar-refractivity contribution in [2.45, 2.75) is 20.3 Å². The Balaban J connectivity index is 1.52. The molecule has 0 unspecified atom stereocenters. The zero-order chi connectivity index (χ0) is 23.6. The van der Waals surface area contributed by atoms with Crippen molar-refractivity contribution in [3.63, 3.8) is 0 Å². The minimum atomic E-state index is -0.207. The molecule has 0 saturated carbocycles. The summed E-state index contributed by atoms with van der Waals surface area (Å²) < 4.78 is 0. The van der Waals surface area contributed by atoms with E-state index in [0.717, 1.165) is 11.4 Å². The minimum Gasteiger partial charge on any atom is -0.376 e. The maximum absolute atomic E-state index is 12.9. The van der Waals surface area contributed by atoms with Gasteiger partial charge in [-0.15, -0.1) is 0 Å². The Labute approximate surface area is 193 Å². The van der Waals surface area contributed by atoms with Crippen LogP contribution < -0.4 is 20.9 Å². The standard InChI is InChI=1S/C26H28N4O3/c1-3-24(31)28-21-14-16-22(17-15-21)29-25(32)18-27-20-12-10-19(11-13-20)26(33)30(4-2)23-8-6-5-7-9-23/h5-17,27H,3-4,18H2,1-2H3,(H,28,31)(H,29,32).